The van der Waals surface area contributed by atoms with E-state index in [4.69, 9.17) is 0 Å². The van der Waals surface area contributed by atoms with E-state index in [2.05, 4.69) is 350 Å². The third kappa shape index (κ3) is 10.5. The molecule has 0 atom stereocenters. The largest absolute Gasteiger partial charge is 0.311 e. The van der Waals surface area contributed by atoms with Gasteiger partial charge in [0.25, 0.3) is 0 Å². The molecule has 0 fully saturated rings. The van der Waals surface area contributed by atoms with Crippen LogP contribution in [-0.2, 0) is 0 Å². The first-order valence-electron chi connectivity index (χ1n) is 27.4. The van der Waals surface area contributed by atoms with Gasteiger partial charge < -0.3 is 9.80 Å². The van der Waals surface area contributed by atoms with Crippen molar-refractivity contribution in [2.24, 2.45) is 0 Å². The fraction of sp³-hybridized carbons (Fsp3) is 0. The maximum atomic E-state index is 2.37. The Kier molecular flexibility index (Phi) is 13.8. The Balaban J connectivity index is 0.847. The maximum absolute atomic E-state index is 2.37. The molecule has 0 saturated carbocycles. The second-order valence-corrected chi connectivity index (χ2v) is 20.1. The van der Waals surface area contributed by atoms with Crippen LogP contribution in [0.1, 0.15) is 0 Å². The summed E-state index contributed by atoms with van der Waals surface area (Å²) >= 11 is 0. The van der Waals surface area contributed by atoms with Crippen LogP contribution in [0.25, 0.3) is 89.0 Å². The first-order valence-corrected chi connectivity index (χ1v) is 27.4. The van der Waals surface area contributed by atoms with Crippen molar-refractivity contribution in [1.29, 1.82) is 0 Å². The first kappa shape index (κ1) is 49.1. The van der Waals surface area contributed by atoms with E-state index in [-0.39, 0.29) is 0 Å². The van der Waals surface area contributed by atoms with E-state index >= 15 is 0 Å². The van der Waals surface area contributed by atoms with Crippen molar-refractivity contribution in [2.75, 3.05) is 9.80 Å². The molecule has 0 heterocycles. The third-order valence-corrected chi connectivity index (χ3v) is 15.1. The van der Waals surface area contributed by atoms with E-state index in [9.17, 15) is 0 Å². The smallest absolute Gasteiger partial charge is 0.0468 e. The lowest BCUT2D eigenvalue weighted by atomic mass is 9.93. The third-order valence-electron chi connectivity index (χ3n) is 15.1. The number of nitrogens with zero attached hydrogens (tertiary/aromatic N) is 2. The Hall–Kier alpha value is -10.5. The summed E-state index contributed by atoms with van der Waals surface area (Å²) in [5.41, 5.74) is 25.3. The number of hydrogen-bond acceptors (Lipinski definition) is 2. The predicted molar refractivity (Wildman–Crippen MR) is 339 cm³/mol. The molecule has 378 valence electrons. The maximum Gasteiger partial charge on any atom is 0.0468 e. The minimum atomic E-state index is 1.07. The highest BCUT2D eigenvalue weighted by atomic mass is 15.1. The molecule has 0 aliphatic rings. The van der Waals surface area contributed by atoms with Crippen LogP contribution < -0.4 is 9.80 Å². The summed E-state index contributed by atoms with van der Waals surface area (Å²) in [6.45, 7) is 0. The van der Waals surface area contributed by atoms with Gasteiger partial charge in [-0.25, -0.2) is 0 Å². The van der Waals surface area contributed by atoms with Crippen LogP contribution in [0.3, 0.4) is 0 Å². The van der Waals surface area contributed by atoms with Gasteiger partial charge in [-0.05, 0) is 180 Å². The molecule has 2 heteroatoms. The molecule has 13 aromatic carbocycles. The average molecular weight is 1020 g/mol. The zero-order chi connectivity index (χ0) is 53.5. The predicted octanol–water partition coefficient (Wildman–Crippen LogP) is 22.0. The fourth-order valence-corrected chi connectivity index (χ4v) is 11.0. The van der Waals surface area contributed by atoms with Crippen molar-refractivity contribution in [3.63, 3.8) is 0 Å². The van der Waals surface area contributed by atoms with E-state index in [0.717, 1.165) is 50.8 Å². The van der Waals surface area contributed by atoms with E-state index in [0.29, 0.717) is 0 Å². The van der Waals surface area contributed by atoms with Crippen LogP contribution in [0.15, 0.2) is 340 Å². The van der Waals surface area contributed by atoms with Gasteiger partial charge in [0, 0.05) is 34.1 Å². The standard InChI is InChI=1S/C78H56N2/c1-7-19-57(20-8-1)61-31-41-71(42-32-61)79(73-49-39-65(40-50-73)70-54-68(59-23-11-3-12-24-59)53-69(55-70)60-25-13-4-14-26-60)72-43-35-63(36-44-72)64-37-47-75(48-38-64)80(74-45-33-62(34-46-74)58-21-9-2-10-22-58)76-51-52-77(66-27-15-5-16-28-66)78(56-76)67-29-17-6-18-30-67/h1-56H. The number of hydrogen-bond donors (Lipinski definition) is 0. The van der Waals surface area contributed by atoms with Crippen LogP contribution in [0.2, 0.25) is 0 Å². The zero-order valence-electron chi connectivity index (χ0n) is 44.2. The van der Waals surface area contributed by atoms with Gasteiger partial charge in [-0.15, -0.1) is 0 Å². The Morgan fingerprint density at radius 2 is 0.325 bits per heavy atom. The molecule has 13 aromatic rings. The molecule has 0 bridgehead atoms. The number of anilines is 6. The molecule has 0 radical (unpaired) electrons. The monoisotopic (exact) mass is 1020 g/mol. The van der Waals surface area contributed by atoms with Gasteiger partial charge in [-0.1, -0.05) is 249 Å². The fourth-order valence-electron chi connectivity index (χ4n) is 11.0. The van der Waals surface area contributed by atoms with Crippen molar-refractivity contribution < 1.29 is 0 Å². The lowest BCUT2D eigenvalue weighted by Crippen LogP contribution is -2.10. The van der Waals surface area contributed by atoms with Crippen molar-refractivity contribution in [1.82, 2.24) is 0 Å². The van der Waals surface area contributed by atoms with Crippen molar-refractivity contribution >= 4 is 34.1 Å². The second kappa shape index (κ2) is 22.6. The molecule has 80 heavy (non-hydrogen) atoms. The molecule has 0 N–H and O–H groups in total. The molecular formula is C78H56N2. The molecule has 0 amide bonds. The number of rotatable bonds is 14. The average Bonchev–Trinajstić information content (AvgIpc) is 3.66. The van der Waals surface area contributed by atoms with Crippen molar-refractivity contribution in [3.05, 3.63) is 340 Å². The van der Waals surface area contributed by atoms with Crippen LogP contribution in [0, 0.1) is 0 Å². The molecule has 13 rings (SSSR count). The molecule has 2 nitrogen and oxygen atoms in total. The zero-order valence-corrected chi connectivity index (χ0v) is 44.2. The first-order chi connectivity index (χ1) is 39.6. The highest BCUT2D eigenvalue weighted by molar-refractivity contribution is 5.90. The van der Waals surface area contributed by atoms with Gasteiger partial charge in [-0.2, -0.15) is 0 Å². The lowest BCUT2D eigenvalue weighted by molar-refractivity contribution is 1.28. The Morgan fingerprint density at radius 3 is 0.613 bits per heavy atom. The summed E-state index contributed by atoms with van der Waals surface area (Å²) in [7, 11) is 0. The second-order valence-electron chi connectivity index (χ2n) is 20.1. The SMILES string of the molecule is c1ccc(-c2ccc(N(c3ccc(-c4ccc(N(c5ccc(-c6ccccc6)cc5)c5ccc(-c6ccccc6)c(-c6ccccc6)c5)cc4)cc3)c3ccc(-c4cc(-c5ccccc5)cc(-c5ccccc5)c4)cc3)cc2)cc1. The summed E-state index contributed by atoms with van der Waals surface area (Å²) in [4.78, 5) is 4.73. The summed E-state index contributed by atoms with van der Waals surface area (Å²) in [6, 6.07) is 123. The molecule has 0 spiro atoms. The Morgan fingerprint density at radius 1 is 0.125 bits per heavy atom. The van der Waals surface area contributed by atoms with Crippen LogP contribution in [0.5, 0.6) is 0 Å². The van der Waals surface area contributed by atoms with E-state index in [1.54, 1.807) is 0 Å². The summed E-state index contributed by atoms with van der Waals surface area (Å²) < 4.78 is 0. The van der Waals surface area contributed by atoms with Gasteiger partial charge in [0.2, 0.25) is 0 Å². The minimum absolute atomic E-state index is 1.07. The highest BCUT2D eigenvalue weighted by Crippen LogP contribution is 2.43. The summed E-state index contributed by atoms with van der Waals surface area (Å²) in [6.07, 6.45) is 0. The van der Waals surface area contributed by atoms with Gasteiger partial charge in [0.15, 0.2) is 0 Å². The van der Waals surface area contributed by atoms with Crippen LogP contribution in [0.4, 0.5) is 34.1 Å². The van der Waals surface area contributed by atoms with Gasteiger partial charge >= 0.3 is 0 Å². The molecule has 0 aliphatic heterocycles. The van der Waals surface area contributed by atoms with Crippen molar-refractivity contribution in [2.45, 2.75) is 0 Å². The van der Waals surface area contributed by atoms with Gasteiger partial charge in [0.05, 0.1) is 0 Å². The lowest BCUT2D eigenvalue weighted by Gasteiger charge is -2.27. The topological polar surface area (TPSA) is 6.48 Å². The summed E-state index contributed by atoms with van der Waals surface area (Å²) in [5.74, 6) is 0. The van der Waals surface area contributed by atoms with E-state index in [1.165, 1.54) is 72.3 Å². The molecule has 0 aliphatic carbocycles. The van der Waals surface area contributed by atoms with Gasteiger partial charge in [-0.3, -0.25) is 0 Å². The van der Waals surface area contributed by atoms with E-state index < -0.39 is 0 Å². The van der Waals surface area contributed by atoms with E-state index in [1.807, 2.05) is 0 Å². The Bertz CT molecular complexity index is 4070. The number of benzene rings is 13. The van der Waals surface area contributed by atoms with Gasteiger partial charge in [0.1, 0.15) is 0 Å². The normalized spacial score (nSPS) is 11.0. The van der Waals surface area contributed by atoms with Crippen LogP contribution in [-0.4, -0.2) is 0 Å². The quantitative estimate of drug-likeness (QED) is 0.107. The van der Waals surface area contributed by atoms with Crippen molar-refractivity contribution in [3.8, 4) is 89.0 Å². The molecule has 0 saturated heterocycles. The molecular weight excluding hydrogens is 965 g/mol. The molecule has 0 unspecified atom stereocenters. The highest BCUT2D eigenvalue weighted by Gasteiger charge is 2.19. The minimum Gasteiger partial charge on any atom is -0.311 e. The molecule has 0 aromatic heterocycles. The summed E-state index contributed by atoms with van der Waals surface area (Å²) in [5, 5.41) is 0. The Labute approximate surface area is 470 Å². The van der Waals surface area contributed by atoms with Crippen LogP contribution >= 0.6 is 0 Å².